The molecule has 76 valence electrons. The van der Waals surface area contributed by atoms with E-state index >= 15 is 0 Å². The summed E-state index contributed by atoms with van der Waals surface area (Å²) in [5.74, 6) is 2.00. The first-order chi connectivity index (χ1) is 6.43. The molecule has 0 aromatic heterocycles. The molecule has 0 bridgehead atoms. The lowest BCUT2D eigenvalue weighted by atomic mass is 9.96. The van der Waals surface area contributed by atoms with Crippen molar-refractivity contribution in [1.29, 1.82) is 5.26 Å². The second-order valence-corrected chi connectivity index (χ2v) is 3.73. The Balaban J connectivity index is 3.99. The number of rotatable bonds is 4. The van der Waals surface area contributed by atoms with Crippen LogP contribution in [0.2, 0.25) is 0 Å². The summed E-state index contributed by atoms with van der Waals surface area (Å²) in [6, 6.07) is 1.39. The van der Waals surface area contributed by atoms with Gasteiger partial charge in [-0.25, -0.2) is 0 Å². The van der Waals surface area contributed by atoms with E-state index in [2.05, 4.69) is 17.3 Å². The Labute approximate surface area is 84.5 Å². The molecule has 0 aliphatic heterocycles. The third kappa shape index (κ3) is 4.49. The van der Waals surface area contributed by atoms with Crippen molar-refractivity contribution in [2.75, 3.05) is 6.54 Å². The van der Waals surface area contributed by atoms with E-state index in [9.17, 15) is 4.79 Å². The molecular weight excluding hydrogens is 178 g/mol. The van der Waals surface area contributed by atoms with E-state index in [4.69, 9.17) is 17.4 Å². The largest absolute Gasteiger partial charge is 0.353 e. The summed E-state index contributed by atoms with van der Waals surface area (Å²) >= 11 is 0. The molecule has 1 amide bonds. The molecule has 0 radical (unpaired) electrons. The summed E-state index contributed by atoms with van der Waals surface area (Å²) in [4.78, 5) is 11.3. The highest BCUT2D eigenvalue weighted by Gasteiger charge is 2.19. The Kier molecular flexibility index (Phi) is 4.69. The first-order valence-corrected chi connectivity index (χ1v) is 4.31. The fraction of sp³-hybridized carbons (Fsp3) is 0.600. The second-order valence-electron chi connectivity index (χ2n) is 3.73. The number of hydrogen-bond donors (Lipinski definition) is 2. The number of nitrogens with one attached hydrogen (secondary N) is 1. The van der Waals surface area contributed by atoms with Gasteiger partial charge < -0.3 is 11.1 Å². The summed E-state index contributed by atoms with van der Waals surface area (Å²) < 4.78 is 0. The van der Waals surface area contributed by atoms with Crippen LogP contribution in [-0.2, 0) is 4.79 Å². The number of amides is 1. The third-order valence-electron chi connectivity index (χ3n) is 1.68. The fourth-order valence-electron chi connectivity index (χ4n) is 0.698. The van der Waals surface area contributed by atoms with E-state index in [0.29, 0.717) is 0 Å². The molecule has 4 nitrogen and oxygen atoms in total. The smallest absolute Gasteiger partial charge is 0.237 e. The lowest BCUT2D eigenvalue weighted by molar-refractivity contribution is -0.122. The maximum Gasteiger partial charge on any atom is 0.237 e. The van der Waals surface area contributed by atoms with Crippen molar-refractivity contribution in [2.45, 2.75) is 26.3 Å². The van der Waals surface area contributed by atoms with Gasteiger partial charge in [0, 0.05) is 13.0 Å². The molecule has 0 aliphatic rings. The van der Waals surface area contributed by atoms with Gasteiger partial charge in [-0.2, -0.15) is 5.26 Å². The molecular formula is C10H15N3O. The molecule has 0 heterocycles. The molecule has 0 saturated heterocycles. The Bertz CT molecular complexity index is 283. The van der Waals surface area contributed by atoms with Gasteiger partial charge in [0.2, 0.25) is 5.91 Å². The Hall–Kier alpha value is -1.52. The van der Waals surface area contributed by atoms with Gasteiger partial charge in [-0.15, -0.1) is 12.3 Å². The van der Waals surface area contributed by atoms with Gasteiger partial charge >= 0.3 is 0 Å². The molecule has 3 N–H and O–H groups in total. The van der Waals surface area contributed by atoms with E-state index in [1.165, 1.54) is 0 Å². The molecule has 0 spiro atoms. The number of carbonyl (C=O) groups is 1. The first-order valence-electron chi connectivity index (χ1n) is 4.31. The third-order valence-corrected chi connectivity index (χ3v) is 1.68. The van der Waals surface area contributed by atoms with Gasteiger partial charge in [-0.05, 0) is 13.8 Å². The van der Waals surface area contributed by atoms with Crippen LogP contribution in [0.25, 0.3) is 0 Å². The first kappa shape index (κ1) is 12.5. The fourth-order valence-corrected chi connectivity index (χ4v) is 0.698. The number of nitrogens with zero attached hydrogens (tertiary/aromatic N) is 1. The van der Waals surface area contributed by atoms with Gasteiger partial charge in [0.15, 0.2) is 0 Å². The van der Waals surface area contributed by atoms with Crippen LogP contribution >= 0.6 is 0 Å². The minimum absolute atomic E-state index is 0.207. The molecule has 0 rings (SSSR count). The number of nitriles is 1. The summed E-state index contributed by atoms with van der Waals surface area (Å²) in [5.41, 5.74) is 4.88. The lowest BCUT2D eigenvalue weighted by Crippen LogP contribution is -2.43. The topological polar surface area (TPSA) is 78.9 Å². The van der Waals surface area contributed by atoms with Gasteiger partial charge in [0.1, 0.15) is 0 Å². The van der Waals surface area contributed by atoms with Crippen molar-refractivity contribution in [3.8, 4) is 18.4 Å². The van der Waals surface area contributed by atoms with Crippen LogP contribution in [-0.4, -0.2) is 18.5 Å². The van der Waals surface area contributed by atoms with Crippen LogP contribution in [0.15, 0.2) is 0 Å². The maximum atomic E-state index is 11.3. The zero-order chi connectivity index (χ0) is 11.2. The van der Waals surface area contributed by atoms with Crippen LogP contribution in [0.5, 0.6) is 0 Å². The molecule has 0 saturated carbocycles. The van der Waals surface area contributed by atoms with Crippen molar-refractivity contribution >= 4 is 5.91 Å². The summed E-state index contributed by atoms with van der Waals surface area (Å²) in [6.07, 6.45) is 5.22. The Morgan fingerprint density at radius 1 is 1.71 bits per heavy atom. The van der Waals surface area contributed by atoms with Gasteiger partial charge in [0.25, 0.3) is 0 Å². The Morgan fingerprint density at radius 2 is 2.29 bits per heavy atom. The average molecular weight is 193 g/mol. The average Bonchev–Trinajstić information content (AvgIpc) is 2.15. The molecule has 0 aliphatic carbocycles. The van der Waals surface area contributed by atoms with E-state index in [1.807, 2.05) is 0 Å². The molecule has 1 unspecified atom stereocenters. The molecule has 0 aromatic rings. The van der Waals surface area contributed by atoms with Crippen molar-refractivity contribution < 1.29 is 4.79 Å². The second kappa shape index (κ2) is 5.26. The number of terminal acetylenes is 1. The van der Waals surface area contributed by atoms with E-state index in [-0.39, 0.29) is 18.9 Å². The number of hydrogen-bond acceptors (Lipinski definition) is 3. The minimum Gasteiger partial charge on any atom is -0.353 e. The predicted octanol–water partition coefficient (Wildman–Crippen LogP) is 0.00298. The molecule has 1 atom stereocenters. The van der Waals surface area contributed by atoms with Crippen LogP contribution < -0.4 is 11.1 Å². The van der Waals surface area contributed by atoms with Crippen molar-refractivity contribution in [2.24, 2.45) is 11.1 Å². The van der Waals surface area contributed by atoms with Crippen LogP contribution in [0, 0.1) is 29.1 Å². The standard InChI is InChI=1S/C10H15N3O/c1-4-5-8(12)9(14)13-7-10(2,3)6-11/h1,8H,5,7,12H2,2-3H3,(H,13,14). The van der Waals surface area contributed by atoms with Gasteiger partial charge in [-0.3, -0.25) is 4.79 Å². The molecule has 0 aromatic carbocycles. The number of carbonyl (C=O) groups excluding carboxylic acids is 1. The highest BCUT2D eigenvalue weighted by Crippen LogP contribution is 2.10. The minimum atomic E-state index is -0.686. The predicted molar refractivity (Wildman–Crippen MR) is 53.8 cm³/mol. The number of nitrogens with two attached hydrogens (primary N) is 1. The highest BCUT2D eigenvalue weighted by molar-refractivity contribution is 5.81. The van der Waals surface area contributed by atoms with Gasteiger partial charge in [0.05, 0.1) is 17.5 Å². The quantitative estimate of drug-likeness (QED) is 0.617. The zero-order valence-electron chi connectivity index (χ0n) is 8.50. The molecule has 4 heteroatoms. The van der Waals surface area contributed by atoms with Crippen LogP contribution in [0.1, 0.15) is 20.3 Å². The van der Waals surface area contributed by atoms with Crippen molar-refractivity contribution in [1.82, 2.24) is 5.32 Å². The summed E-state index contributed by atoms with van der Waals surface area (Å²) in [7, 11) is 0. The van der Waals surface area contributed by atoms with E-state index in [1.54, 1.807) is 13.8 Å². The van der Waals surface area contributed by atoms with Crippen molar-refractivity contribution in [3.05, 3.63) is 0 Å². The SMILES string of the molecule is C#CCC(N)C(=O)NCC(C)(C)C#N. The maximum absolute atomic E-state index is 11.3. The lowest BCUT2D eigenvalue weighted by Gasteiger charge is -2.17. The Morgan fingerprint density at radius 3 is 2.71 bits per heavy atom. The molecule has 0 fully saturated rings. The van der Waals surface area contributed by atoms with Gasteiger partial charge in [-0.1, -0.05) is 0 Å². The summed E-state index contributed by atoms with van der Waals surface area (Å²) in [6.45, 7) is 3.75. The monoisotopic (exact) mass is 193 g/mol. The van der Waals surface area contributed by atoms with E-state index < -0.39 is 11.5 Å². The zero-order valence-corrected chi connectivity index (χ0v) is 8.50. The summed E-state index contributed by atoms with van der Waals surface area (Å²) in [5, 5.41) is 11.3. The van der Waals surface area contributed by atoms with Crippen molar-refractivity contribution in [3.63, 3.8) is 0 Å². The molecule has 14 heavy (non-hydrogen) atoms. The van der Waals surface area contributed by atoms with Crippen LogP contribution in [0.3, 0.4) is 0 Å². The highest BCUT2D eigenvalue weighted by atomic mass is 16.2. The normalized spacial score (nSPS) is 12.4. The van der Waals surface area contributed by atoms with Crippen LogP contribution in [0.4, 0.5) is 0 Å². The van der Waals surface area contributed by atoms with E-state index in [0.717, 1.165) is 0 Å².